The van der Waals surface area contributed by atoms with Crippen LogP contribution in [0.2, 0.25) is 10.0 Å². The second-order valence-corrected chi connectivity index (χ2v) is 5.19. The number of carboxylic acids is 1. The monoisotopic (exact) mass is 335 g/mol. The van der Waals surface area contributed by atoms with Crippen LogP contribution < -0.4 is 5.32 Å². The number of hydrogen-bond donors (Lipinski definition) is 2. The molecule has 2 rings (SSSR count). The first kappa shape index (κ1) is 16.1. The largest absolute Gasteiger partial charge is 0.477 e. The van der Waals surface area contributed by atoms with E-state index in [9.17, 15) is 14.7 Å². The third-order valence-electron chi connectivity index (χ3n) is 2.78. The van der Waals surface area contributed by atoms with E-state index in [1.807, 2.05) is 0 Å². The SMILES string of the molecule is O=C(O)/C(=C\c1ccc(Cl)cc1)NC(=O)c1ccccc1Cl. The molecule has 2 aromatic rings. The topological polar surface area (TPSA) is 66.4 Å². The highest BCUT2D eigenvalue weighted by Gasteiger charge is 2.15. The van der Waals surface area contributed by atoms with Crippen LogP contribution in [0.3, 0.4) is 0 Å². The Hall–Kier alpha value is -2.30. The molecular formula is C16H11Cl2NO3. The van der Waals surface area contributed by atoms with Crippen LogP contribution in [0.1, 0.15) is 15.9 Å². The zero-order valence-corrected chi connectivity index (χ0v) is 12.7. The number of aliphatic carboxylic acids is 1. The van der Waals surface area contributed by atoms with Crippen molar-refractivity contribution < 1.29 is 14.7 Å². The van der Waals surface area contributed by atoms with Crippen LogP contribution >= 0.6 is 23.2 Å². The number of nitrogens with one attached hydrogen (secondary N) is 1. The molecule has 0 spiro atoms. The summed E-state index contributed by atoms with van der Waals surface area (Å²) in [6, 6.07) is 12.9. The maximum atomic E-state index is 12.1. The standard InChI is InChI=1S/C16H11Cl2NO3/c17-11-7-5-10(6-8-11)9-14(16(21)22)19-15(20)12-3-1-2-4-13(12)18/h1-9H,(H,19,20)(H,21,22)/b14-9+. The maximum absolute atomic E-state index is 12.1. The number of amides is 1. The molecule has 0 aliphatic rings. The van der Waals surface area contributed by atoms with Crippen LogP contribution in [0.4, 0.5) is 0 Å². The number of benzene rings is 2. The highest BCUT2D eigenvalue weighted by atomic mass is 35.5. The molecule has 2 N–H and O–H groups in total. The fraction of sp³-hybridized carbons (Fsp3) is 0. The predicted molar refractivity (Wildman–Crippen MR) is 86.0 cm³/mol. The average Bonchev–Trinajstić information content (AvgIpc) is 2.49. The lowest BCUT2D eigenvalue weighted by Gasteiger charge is -2.07. The first-order valence-corrected chi connectivity index (χ1v) is 6.99. The molecule has 4 nitrogen and oxygen atoms in total. The third-order valence-corrected chi connectivity index (χ3v) is 3.36. The Morgan fingerprint density at radius 3 is 2.23 bits per heavy atom. The van der Waals surface area contributed by atoms with Gasteiger partial charge in [0, 0.05) is 5.02 Å². The Bertz CT molecular complexity index is 739. The zero-order valence-electron chi connectivity index (χ0n) is 11.2. The first-order valence-electron chi connectivity index (χ1n) is 6.24. The van der Waals surface area contributed by atoms with Crippen LogP contribution in [0.15, 0.2) is 54.2 Å². The van der Waals surface area contributed by atoms with E-state index in [4.69, 9.17) is 23.2 Å². The van der Waals surface area contributed by atoms with E-state index >= 15 is 0 Å². The van der Waals surface area contributed by atoms with Crippen LogP contribution in [0.25, 0.3) is 6.08 Å². The molecule has 0 bridgehead atoms. The lowest BCUT2D eigenvalue weighted by Crippen LogP contribution is -2.27. The lowest BCUT2D eigenvalue weighted by molar-refractivity contribution is -0.132. The smallest absolute Gasteiger partial charge is 0.352 e. The number of hydrogen-bond acceptors (Lipinski definition) is 2. The van der Waals surface area contributed by atoms with Gasteiger partial charge < -0.3 is 10.4 Å². The van der Waals surface area contributed by atoms with Crippen molar-refractivity contribution in [3.8, 4) is 0 Å². The number of carbonyl (C=O) groups is 2. The summed E-state index contributed by atoms with van der Waals surface area (Å²) in [4.78, 5) is 23.4. The van der Waals surface area contributed by atoms with E-state index in [-0.39, 0.29) is 16.3 Å². The minimum absolute atomic E-state index is 0.201. The van der Waals surface area contributed by atoms with Gasteiger partial charge in [-0.2, -0.15) is 0 Å². The minimum Gasteiger partial charge on any atom is -0.477 e. The lowest BCUT2D eigenvalue weighted by atomic mass is 10.1. The molecule has 0 atom stereocenters. The summed E-state index contributed by atoms with van der Waals surface area (Å²) >= 11 is 11.7. The molecule has 0 heterocycles. The van der Waals surface area contributed by atoms with Crippen LogP contribution in [0, 0.1) is 0 Å². The summed E-state index contributed by atoms with van der Waals surface area (Å²) in [6.45, 7) is 0. The normalized spacial score (nSPS) is 11.1. The van der Waals surface area contributed by atoms with Gasteiger partial charge in [0.25, 0.3) is 5.91 Å². The molecular weight excluding hydrogens is 325 g/mol. The van der Waals surface area contributed by atoms with Gasteiger partial charge in [-0.3, -0.25) is 4.79 Å². The number of carbonyl (C=O) groups excluding carboxylic acids is 1. The summed E-state index contributed by atoms with van der Waals surface area (Å²) in [5, 5.41) is 12.3. The Kier molecular flexibility index (Phi) is 5.20. The van der Waals surface area contributed by atoms with Crippen LogP contribution in [-0.4, -0.2) is 17.0 Å². The Morgan fingerprint density at radius 1 is 1.00 bits per heavy atom. The molecule has 0 radical (unpaired) electrons. The van der Waals surface area contributed by atoms with Gasteiger partial charge >= 0.3 is 5.97 Å². The van der Waals surface area contributed by atoms with Crippen LogP contribution in [-0.2, 0) is 4.79 Å². The van der Waals surface area contributed by atoms with Gasteiger partial charge in [-0.15, -0.1) is 0 Å². The summed E-state index contributed by atoms with van der Waals surface area (Å²) in [5.74, 6) is -1.84. The van der Waals surface area contributed by atoms with Crippen molar-refractivity contribution in [3.05, 3.63) is 75.4 Å². The molecule has 22 heavy (non-hydrogen) atoms. The molecule has 0 saturated heterocycles. The van der Waals surface area contributed by atoms with E-state index in [1.54, 1.807) is 42.5 Å². The Morgan fingerprint density at radius 2 is 1.64 bits per heavy atom. The average molecular weight is 336 g/mol. The third kappa shape index (κ3) is 4.10. The number of halogens is 2. The second-order valence-electron chi connectivity index (χ2n) is 4.35. The van der Waals surface area contributed by atoms with Crippen molar-refractivity contribution in [3.63, 3.8) is 0 Å². The van der Waals surface area contributed by atoms with E-state index in [2.05, 4.69) is 5.32 Å². The highest BCUT2D eigenvalue weighted by molar-refractivity contribution is 6.34. The van der Waals surface area contributed by atoms with Gasteiger partial charge in [0.1, 0.15) is 5.70 Å². The molecule has 0 saturated carbocycles. The van der Waals surface area contributed by atoms with Crippen molar-refractivity contribution in [1.29, 1.82) is 0 Å². The quantitative estimate of drug-likeness (QED) is 0.834. The predicted octanol–water partition coefficient (Wildman–Crippen LogP) is 3.85. The molecule has 0 aliphatic heterocycles. The number of carboxylic acid groups (broad SMARTS) is 1. The Balaban J connectivity index is 2.26. The van der Waals surface area contributed by atoms with Crippen molar-refractivity contribution in [2.45, 2.75) is 0 Å². The summed E-state index contributed by atoms with van der Waals surface area (Å²) in [6.07, 6.45) is 1.34. The molecule has 0 fully saturated rings. The first-order chi connectivity index (χ1) is 10.5. The molecule has 2 aromatic carbocycles. The van der Waals surface area contributed by atoms with E-state index < -0.39 is 11.9 Å². The number of rotatable bonds is 4. The van der Waals surface area contributed by atoms with E-state index in [0.717, 1.165) is 0 Å². The molecule has 1 amide bonds. The molecule has 0 aliphatic carbocycles. The van der Waals surface area contributed by atoms with Crippen molar-refractivity contribution >= 4 is 41.2 Å². The van der Waals surface area contributed by atoms with Crippen molar-refractivity contribution in [1.82, 2.24) is 5.32 Å². The Labute approximate surface area is 137 Å². The van der Waals surface area contributed by atoms with Crippen molar-refractivity contribution in [2.24, 2.45) is 0 Å². The van der Waals surface area contributed by atoms with Crippen molar-refractivity contribution in [2.75, 3.05) is 0 Å². The van der Waals surface area contributed by atoms with Gasteiger partial charge in [0.05, 0.1) is 10.6 Å². The zero-order chi connectivity index (χ0) is 16.1. The summed E-state index contributed by atoms with van der Waals surface area (Å²) in [5.41, 5.74) is 0.543. The molecule has 0 unspecified atom stereocenters. The highest BCUT2D eigenvalue weighted by Crippen LogP contribution is 2.16. The van der Waals surface area contributed by atoms with E-state index in [0.29, 0.717) is 10.6 Å². The van der Waals surface area contributed by atoms with Crippen LogP contribution in [0.5, 0.6) is 0 Å². The molecule has 0 aromatic heterocycles. The van der Waals surface area contributed by atoms with Gasteiger partial charge in [-0.05, 0) is 35.9 Å². The summed E-state index contributed by atoms with van der Waals surface area (Å²) in [7, 11) is 0. The van der Waals surface area contributed by atoms with Gasteiger partial charge in [0.2, 0.25) is 0 Å². The fourth-order valence-corrected chi connectivity index (χ4v) is 2.06. The van der Waals surface area contributed by atoms with E-state index in [1.165, 1.54) is 12.1 Å². The van der Waals surface area contributed by atoms with Gasteiger partial charge in [0.15, 0.2) is 0 Å². The fourth-order valence-electron chi connectivity index (χ4n) is 1.71. The second kappa shape index (κ2) is 7.11. The minimum atomic E-state index is -1.25. The summed E-state index contributed by atoms with van der Waals surface area (Å²) < 4.78 is 0. The maximum Gasteiger partial charge on any atom is 0.352 e. The molecule has 112 valence electrons. The van der Waals surface area contributed by atoms with Gasteiger partial charge in [-0.25, -0.2) is 4.79 Å². The van der Waals surface area contributed by atoms with Gasteiger partial charge in [-0.1, -0.05) is 47.5 Å². The molecule has 6 heteroatoms.